The van der Waals surface area contributed by atoms with Crippen LogP contribution in [0, 0.1) is 69.5 Å². The molecular formula is C18H2F10N2. The molecule has 0 radical (unpaired) electrons. The molecule has 0 bridgehead atoms. The maximum Gasteiger partial charge on any atom is 0.200 e. The van der Waals surface area contributed by atoms with Crippen molar-refractivity contribution in [2.45, 2.75) is 0 Å². The van der Waals surface area contributed by atoms with Crippen LogP contribution in [0.15, 0.2) is 12.4 Å². The summed E-state index contributed by atoms with van der Waals surface area (Å²) in [5, 5.41) is 9.28. The highest BCUT2D eigenvalue weighted by Gasteiger charge is 2.32. The topological polar surface area (TPSA) is 36.7 Å². The molecule has 3 aromatic rings. The highest BCUT2D eigenvalue weighted by molar-refractivity contribution is 5.82. The van der Waals surface area contributed by atoms with Crippen molar-refractivity contribution >= 4 is 0 Å². The van der Waals surface area contributed by atoms with Gasteiger partial charge in [-0.1, -0.05) is 0 Å². The summed E-state index contributed by atoms with van der Waals surface area (Å²) in [5.74, 6) is -24.2. The molecule has 3 rings (SSSR count). The first-order valence-corrected chi connectivity index (χ1v) is 7.46. The van der Waals surface area contributed by atoms with Crippen molar-refractivity contribution in [3.8, 4) is 28.3 Å². The standard InChI is InChI=1S/C18H2F10N2/c19-9-7(10(20)14(24)17(27)13(9)23)5-2-30-3-6(4(5)1-29)8-11(21)15(25)18(28)16(26)12(8)22/h2-3H. The number of nitrogens with zero attached hydrogens (tertiary/aromatic N) is 2. The molecule has 30 heavy (non-hydrogen) atoms. The largest absolute Gasteiger partial charge is 0.263 e. The lowest BCUT2D eigenvalue weighted by Crippen LogP contribution is -2.08. The number of aromatic nitrogens is 1. The predicted molar refractivity (Wildman–Crippen MR) is 79.4 cm³/mol. The van der Waals surface area contributed by atoms with Crippen molar-refractivity contribution in [1.82, 2.24) is 4.98 Å². The molecule has 0 fully saturated rings. The van der Waals surface area contributed by atoms with Gasteiger partial charge in [-0.2, -0.15) is 5.26 Å². The van der Waals surface area contributed by atoms with E-state index in [2.05, 4.69) is 4.98 Å². The monoisotopic (exact) mass is 436 g/mol. The van der Waals surface area contributed by atoms with E-state index in [1.807, 2.05) is 0 Å². The third-order valence-corrected chi connectivity index (χ3v) is 4.02. The molecule has 1 heterocycles. The average Bonchev–Trinajstić information content (AvgIpc) is 2.74. The highest BCUT2D eigenvalue weighted by atomic mass is 19.2. The molecule has 0 amide bonds. The summed E-state index contributed by atoms with van der Waals surface area (Å²) < 4.78 is 137. The third kappa shape index (κ3) is 2.85. The molecule has 0 aliphatic carbocycles. The zero-order valence-corrected chi connectivity index (χ0v) is 13.8. The Balaban J connectivity index is 2.46. The van der Waals surface area contributed by atoms with Gasteiger partial charge in [0.15, 0.2) is 46.5 Å². The van der Waals surface area contributed by atoms with Crippen LogP contribution in [0.4, 0.5) is 43.9 Å². The quantitative estimate of drug-likeness (QED) is 0.295. The number of nitriles is 1. The van der Waals surface area contributed by atoms with Gasteiger partial charge in [-0.25, -0.2) is 43.9 Å². The summed E-state index contributed by atoms with van der Waals surface area (Å²) in [5.41, 5.74) is -6.78. The Labute approximate surface area is 159 Å². The molecule has 1 aromatic heterocycles. The van der Waals surface area contributed by atoms with Gasteiger partial charge in [0, 0.05) is 23.5 Å². The Morgan fingerprint density at radius 2 is 0.767 bits per heavy atom. The van der Waals surface area contributed by atoms with Gasteiger partial charge in [0.2, 0.25) is 11.6 Å². The molecule has 0 spiro atoms. The first-order valence-electron chi connectivity index (χ1n) is 7.46. The van der Waals surface area contributed by atoms with Crippen molar-refractivity contribution in [3.63, 3.8) is 0 Å². The van der Waals surface area contributed by atoms with Gasteiger partial charge in [-0.15, -0.1) is 0 Å². The average molecular weight is 436 g/mol. The van der Waals surface area contributed by atoms with Gasteiger partial charge in [0.1, 0.15) is 6.07 Å². The molecule has 0 aliphatic heterocycles. The van der Waals surface area contributed by atoms with E-state index in [1.54, 1.807) is 0 Å². The van der Waals surface area contributed by atoms with Crippen LogP contribution in [0.1, 0.15) is 5.56 Å². The van der Waals surface area contributed by atoms with Gasteiger partial charge < -0.3 is 0 Å². The molecule has 2 aromatic carbocycles. The number of benzene rings is 2. The van der Waals surface area contributed by atoms with E-state index in [9.17, 15) is 49.2 Å². The summed E-state index contributed by atoms with van der Waals surface area (Å²) in [7, 11) is 0. The number of pyridine rings is 1. The van der Waals surface area contributed by atoms with E-state index < -0.39 is 86.0 Å². The molecule has 0 aliphatic rings. The van der Waals surface area contributed by atoms with Gasteiger partial charge in [-0.3, -0.25) is 4.98 Å². The Morgan fingerprint density at radius 3 is 1.03 bits per heavy atom. The lowest BCUT2D eigenvalue weighted by Gasteiger charge is -2.14. The summed E-state index contributed by atoms with van der Waals surface area (Å²) in [6.07, 6.45) is 0.846. The molecule has 0 N–H and O–H groups in total. The summed E-state index contributed by atoms with van der Waals surface area (Å²) in [6.45, 7) is 0. The summed E-state index contributed by atoms with van der Waals surface area (Å²) in [6, 6.07) is 1.19. The Bertz CT molecular complexity index is 1120. The highest BCUT2D eigenvalue weighted by Crippen LogP contribution is 2.39. The van der Waals surface area contributed by atoms with Gasteiger partial charge >= 0.3 is 0 Å². The van der Waals surface area contributed by atoms with Crippen molar-refractivity contribution < 1.29 is 43.9 Å². The lowest BCUT2D eigenvalue weighted by molar-refractivity contribution is 0.381. The van der Waals surface area contributed by atoms with Crippen molar-refractivity contribution in [2.24, 2.45) is 0 Å². The molecule has 12 heteroatoms. The third-order valence-electron chi connectivity index (χ3n) is 4.02. The van der Waals surface area contributed by atoms with E-state index in [-0.39, 0.29) is 0 Å². The minimum Gasteiger partial charge on any atom is -0.263 e. The molecule has 154 valence electrons. The zero-order valence-electron chi connectivity index (χ0n) is 13.8. The minimum absolute atomic E-state index is 0.423. The Kier molecular flexibility index (Phi) is 5.15. The van der Waals surface area contributed by atoms with Crippen molar-refractivity contribution in [2.75, 3.05) is 0 Å². The maximum absolute atomic E-state index is 14.1. The van der Waals surface area contributed by atoms with Crippen LogP contribution in [-0.2, 0) is 0 Å². The number of hydrogen-bond donors (Lipinski definition) is 0. The van der Waals surface area contributed by atoms with Crippen LogP contribution < -0.4 is 0 Å². The second-order valence-electron chi connectivity index (χ2n) is 5.61. The molecule has 0 unspecified atom stereocenters. The fraction of sp³-hybridized carbons (Fsp3) is 0. The second-order valence-corrected chi connectivity index (χ2v) is 5.61. The van der Waals surface area contributed by atoms with Crippen LogP contribution in [0.3, 0.4) is 0 Å². The van der Waals surface area contributed by atoms with Crippen LogP contribution >= 0.6 is 0 Å². The van der Waals surface area contributed by atoms with Gasteiger partial charge in [-0.05, 0) is 0 Å². The summed E-state index contributed by atoms with van der Waals surface area (Å²) >= 11 is 0. The fourth-order valence-corrected chi connectivity index (χ4v) is 2.64. The first-order chi connectivity index (χ1) is 14.0. The van der Waals surface area contributed by atoms with Crippen molar-refractivity contribution in [3.05, 3.63) is 76.1 Å². The lowest BCUT2D eigenvalue weighted by atomic mass is 9.93. The minimum atomic E-state index is -2.52. The molecule has 0 saturated carbocycles. The predicted octanol–water partition coefficient (Wildman–Crippen LogP) is 5.68. The van der Waals surface area contributed by atoms with E-state index in [4.69, 9.17) is 0 Å². The molecule has 0 atom stereocenters. The van der Waals surface area contributed by atoms with Gasteiger partial charge in [0.25, 0.3) is 0 Å². The molecular weight excluding hydrogens is 434 g/mol. The van der Waals surface area contributed by atoms with Crippen LogP contribution in [0.25, 0.3) is 22.3 Å². The van der Waals surface area contributed by atoms with E-state index in [0.717, 1.165) is 0 Å². The van der Waals surface area contributed by atoms with Crippen LogP contribution in [0.5, 0.6) is 0 Å². The second kappa shape index (κ2) is 7.33. The summed E-state index contributed by atoms with van der Waals surface area (Å²) in [4.78, 5) is 3.28. The fourth-order valence-electron chi connectivity index (χ4n) is 2.64. The molecule has 0 saturated heterocycles. The van der Waals surface area contributed by atoms with E-state index in [0.29, 0.717) is 12.4 Å². The first kappa shape index (κ1) is 21.1. The maximum atomic E-state index is 14.1. The normalized spacial score (nSPS) is 11.0. The van der Waals surface area contributed by atoms with Crippen LogP contribution in [-0.4, -0.2) is 4.98 Å². The smallest absolute Gasteiger partial charge is 0.200 e. The number of hydrogen-bond acceptors (Lipinski definition) is 2. The van der Waals surface area contributed by atoms with Gasteiger partial charge in [0.05, 0.1) is 16.7 Å². The number of rotatable bonds is 2. The SMILES string of the molecule is N#Cc1c(-c2c(F)c(F)c(F)c(F)c2F)cncc1-c1c(F)c(F)c(F)c(F)c1F. The number of halogens is 10. The van der Waals surface area contributed by atoms with E-state index >= 15 is 0 Å². The van der Waals surface area contributed by atoms with Crippen molar-refractivity contribution in [1.29, 1.82) is 5.26 Å². The Morgan fingerprint density at radius 1 is 0.500 bits per heavy atom. The van der Waals surface area contributed by atoms with Crippen LogP contribution in [0.2, 0.25) is 0 Å². The Hall–Kier alpha value is -3.62. The zero-order chi connectivity index (χ0) is 22.5. The molecule has 2 nitrogen and oxygen atoms in total. The van der Waals surface area contributed by atoms with E-state index in [1.165, 1.54) is 6.07 Å².